The molecule has 3 aromatic rings. The van der Waals surface area contributed by atoms with Crippen LogP contribution in [0.1, 0.15) is 27.0 Å². The van der Waals surface area contributed by atoms with Crippen molar-refractivity contribution in [3.8, 4) is 0 Å². The van der Waals surface area contributed by atoms with Crippen molar-refractivity contribution in [2.75, 3.05) is 5.32 Å². The van der Waals surface area contributed by atoms with Crippen molar-refractivity contribution >= 4 is 17.5 Å². The summed E-state index contributed by atoms with van der Waals surface area (Å²) in [5.74, 6) is -0.292. The lowest BCUT2D eigenvalue weighted by molar-refractivity contribution is -0.120. The zero-order chi connectivity index (χ0) is 19.1. The number of hydrogen-bond acceptors (Lipinski definition) is 3. The first-order chi connectivity index (χ1) is 13.1. The van der Waals surface area contributed by atoms with Gasteiger partial charge in [0.25, 0.3) is 5.91 Å². The van der Waals surface area contributed by atoms with Gasteiger partial charge >= 0.3 is 0 Å². The van der Waals surface area contributed by atoms with E-state index < -0.39 is 0 Å². The number of pyridine rings is 1. The van der Waals surface area contributed by atoms with Gasteiger partial charge in [0.15, 0.2) is 0 Å². The molecule has 2 N–H and O–H groups in total. The molecule has 2 aromatic carbocycles. The Hall–Kier alpha value is -3.47. The average Bonchev–Trinajstić information content (AvgIpc) is 2.70. The van der Waals surface area contributed by atoms with Gasteiger partial charge < -0.3 is 10.6 Å². The third-order valence-corrected chi connectivity index (χ3v) is 4.28. The van der Waals surface area contributed by atoms with Crippen molar-refractivity contribution in [3.05, 3.63) is 95.3 Å². The topological polar surface area (TPSA) is 71.1 Å². The van der Waals surface area contributed by atoms with Crippen LogP contribution in [0.4, 0.5) is 5.69 Å². The fraction of sp³-hybridized carbons (Fsp3) is 0.136. The van der Waals surface area contributed by atoms with Gasteiger partial charge in [-0.05, 0) is 41.8 Å². The molecular formula is C22H21N3O2. The van der Waals surface area contributed by atoms with Gasteiger partial charge in [0.05, 0.1) is 12.0 Å². The Labute approximate surface area is 158 Å². The van der Waals surface area contributed by atoms with E-state index in [1.54, 1.807) is 18.3 Å². The summed E-state index contributed by atoms with van der Waals surface area (Å²) in [7, 11) is 0. The highest BCUT2D eigenvalue weighted by Crippen LogP contribution is 2.16. The molecule has 0 atom stereocenters. The molecule has 0 bridgehead atoms. The van der Waals surface area contributed by atoms with Crippen LogP contribution >= 0.6 is 0 Å². The fourth-order valence-corrected chi connectivity index (χ4v) is 2.73. The van der Waals surface area contributed by atoms with Gasteiger partial charge in [0.2, 0.25) is 5.91 Å². The minimum Gasteiger partial charge on any atom is -0.352 e. The maximum Gasteiger partial charge on any atom is 0.257 e. The van der Waals surface area contributed by atoms with Crippen LogP contribution < -0.4 is 10.6 Å². The van der Waals surface area contributed by atoms with E-state index in [9.17, 15) is 9.59 Å². The Morgan fingerprint density at radius 2 is 1.67 bits per heavy atom. The number of aromatic nitrogens is 1. The molecule has 2 amide bonds. The molecule has 136 valence electrons. The quantitative estimate of drug-likeness (QED) is 0.708. The fourth-order valence-electron chi connectivity index (χ4n) is 2.73. The molecule has 5 nitrogen and oxygen atoms in total. The number of carbonyl (C=O) groups excluding carboxylic acids is 2. The highest BCUT2D eigenvalue weighted by molar-refractivity contribution is 6.04. The maximum absolute atomic E-state index is 12.3. The molecule has 0 saturated carbocycles. The smallest absolute Gasteiger partial charge is 0.257 e. The van der Waals surface area contributed by atoms with E-state index in [1.165, 1.54) is 6.20 Å². The minimum atomic E-state index is -0.234. The molecule has 0 spiro atoms. The van der Waals surface area contributed by atoms with E-state index in [0.717, 1.165) is 16.7 Å². The number of benzene rings is 2. The van der Waals surface area contributed by atoms with Gasteiger partial charge in [-0.3, -0.25) is 14.6 Å². The molecule has 0 saturated heterocycles. The Morgan fingerprint density at radius 3 is 2.41 bits per heavy atom. The molecule has 1 aromatic heterocycles. The van der Waals surface area contributed by atoms with Crippen molar-refractivity contribution < 1.29 is 9.59 Å². The van der Waals surface area contributed by atoms with E-state index in [4.69, 9.17) is 0 Å². The van der Waals surface area contributed by atoms with Crippen LogP contribution in [0.3, 0.4) is 0 Å². The summed E-state index contributed by atoms with van der Waals surface area (Å²) in [6.07, 6.45) is 3.47. The first-order valence-corrected chi connectivity index (χ1v) is 8.74. The predicted octanol–water partition coefficient (Wildman–Crippen LogP) is 3.50. The highest BCUT2D eigenvalue weighted by atomic mass is 16.2. The van der Waals surface area contributed by atoms with Crippen LogP contribution in [-0.2, 0) is 17.8 Å². The number of nitrogens with zero attached hydrogens (tertiary/aromatic N) is 1. The average molecular weight is 359 g/mol. The first kappa shape index (κ1) is 18.3. The van der Waals surface area contributed by atoms with E-state index in [2.05, 4.69) is 15.6 Å². The number of nitrogens with one attached hydrogen (secondary N) is 2. The Bertz CT molecular complexity index is 939. The van der Waals surface area contributed by atoms with Crippen molar-refractivity contribution in [3.63, 3.8) is 0 Å². The molecule has 27 heavy (non-hydrogen) atoms. The number of anilines is 1. The summed E-state index contributed by atoms with van der Waals surface area (Å²) in [5, 5.41) is 5.80. The molecule has 0 aliphatic rings. The summed E-state index contributed by atoms with van der Waals surface area (Å²) in [6, 6.07) is 18.7. The number of carbonyl (C=O) groups is 2. The Morgan fingerprint density at radius 1 is 0.926 bits per heavy atom. The standard InChI is InChI=1S/C22H21N3O2/c1-16-7-2-3-8-17(16)13-21(26)24-15-18-9-4-5-11-20(18)25-22(27)19-10-6-12-23-14-19/h2-12,14H,13,15H2,1H3,(H,24,26)(H,25,27). The SMILES string of the molecule is Cc1ccccc1CC(=O)NCc1ccccc1NC(=O)c1cccnc1. The summed E-state index contributed by atoms with van der Waals surface area (Å²) < 4.78 is 0. The van der Waals surface area contributed by atoms with Crippen molar-refractivity contribution in [2.45, 2.75) is 19.9 Å². The second kappa shape index (κ2) is 8.76. The molecule has 3 rings (SSSR count). The number of aryl methyl sites for hydroxylation is 1. The van der Waals surface area contributed by atoms with Gasteiger partial charge in [-0.1, -0.05) is 42.5 Å². The third kappa shape index (κ3) is 5.01. The number of amides is 2. The minimum absolute atomic E-state index is 0.0577. The van der Waals surface area contributed by atoms with Crippen LogP contribution in [-0.4, -0.2) is 16.8 Å². The third-order valence-electron chi connectivity index (χ3n) is 4.28. The molecular weight excluding hydrogens is 338 g/mol. The van der Waals surface area contributed by atoms with Crippen LogP contribution in [0.2, 0.25) is 0 Å². The zero-order valence-electron chi connectivity index (χ0n) is 15.1. The Kier molecular flexibility index (Phi) is 5.94. The van der Waals surface area contributed by atoms with Crippen molar-refractivity contribution in [2.24, 2.45) is 0 Å². The van der Waals surface area contributed by atoms with Gasteiger partial charge in [-0.15, -0.1) is 0 Å². The normalized spacial score (nSPS) is 10.3. The van der Waals surface area contributed by atoms with Crippen molar-refractivity contribution in [1.29, 1.82) is 0 Å². The second-order valence-corrected chi connectivity index (χ2v) is 6.23. The number of hydrogen-bond donors (Lipinski definition) is 2. The van der Waals surface area contributed by atoms with Gasteiger partial charge in [0.1, 0.15) is 0 Å². The monoisotopic (exact) mass is 359 g/mol. The second-order valence-electron chi connectivity index (χ2n) is 6.23. The van der Waals surface area contributed by atoms with E-state index in [1.807, 2.05) is 55.5 Å². The Balaban J connectivity index is 1.63. The molecule has 0 fully saturated rings. The lowest BCUT2D eigenvalue weighted by atomic mass is 10.1. The predicted molar refractivity (Wildman–Crippen MR) is 105 cm³/mol. The van der Waals surface area contributed by atoms with Crippen LogP contribution in [0.15, 0.2) is 73.1 Å². The summed E-state index contributed by atoms with van der Waals surface area (Å²) in [6.45, 7) is 2.33. The number of rotatable bonds is 6. The molecule has 1 heterocycles. The van der Waals surface area contributed by atoms with Crippen LogP contribution in [0.5, 0.6) is 0 Å². The molecule has 0 aliphatic carbocycles. The van der Waals surface area contributed by atoms with Crippen LogP contribution in [0, 0.1) is 6.92 Å². The summed E-state index contributed by atoms with van der Waals surface area (Å²) >= 11 is 0. The van der Waals surface area contributed by atoms with E-state index >= 15 is 0 Å². The molecule has 0 unspecified atom stereocenters. The maximum atomic E-state index is 12.3. The number of para-hydroxylation sites is 1. The van der Waals surface area contributed by atoms with E-state index in [0.29, 0.717) is 24.2 Å². The lowest BCUT2D eigenvalue weighted by Crippen LogP contribution is -2.25. The summed E-state index contributed by atoms with van der Waals surface area (Å²) in [4.78, 5) is 28.6. The first-order valence-electron chi connectivity index (χ1n) is 8.74. The molecule has 0 radical (unpaired) electrons. The van der Waals surface area contributed by atoms with E-state index in [-0.39, 0.29) is 11.8 Å². The van der Waals surface area contributed by atoms with Crippen molar-refractivity contribution in [1.82, 2.24) is 10.3 Å². The highest BCUT2D eigenvalue weighted by Gasteiger charge is 2.10. The van der Waals surface area contributed by atoms with Gasteiger partial charge in [-0.25, -0.2) is 0 Å². The lowest BCUT2D eigenvalue weighted by Gasteiger charge is -2.12. The zero-order valence-corrected chi connectivity index (χ0v) is 15.1. The van der Waals surface area contributed by atoms with Gasteiger partial charge in [0, 0.05) is 24.6 Å². The summed E-state index contributed by atoms with van der Waals surface area (Å²) in [5.41, 5.74) is 4.09. The molecule has 0 aliphatic heterocycles. The molecule has 5 heteroatoms. The van der Waals surface area contributed by atoms with Crippen LogP contribution in [0.25, 0.3) is 0 Å². The largest absolute Gasteiger partial charge is 0.352 e. The van der Waals surface area contributed by atoms with Gasteiger partial charge in [-0.2, -0.15) is 0 Å².